The molecule has 0 aliphatic rings. The Balaban J connectivity index is 1.59. The van der Waals surface area contributed by atoms with Crippen LogP contribution in [0.25, 0.3) is 6.08 Å². The number of furan rings is 1. The van der Waals surface area contributed by atoms with Crippen LogP contribution in [0.5, 0.6) is 5.75 Å². The molecule has 0 spiro atoms. The number of carboxylic acids is 1. The quantitative estimate of drug-likeness (QED) is 0.458. The average molecular weight is 401 g/mol. The van der Waals surface area contributed by atoms with Gasteiger partial charge in [0.15, 0.2) is 0 Å². The lowest BCUT2D eigenvalue weighted by molar-refractivity contribution is -0.255. The minimum Gasteiger partial charge on any atom is -0.545 e. The number of hydrogen-bond donors (Lipinski definition) is 1. The van der Waals surface area contributed by atoms with Crippen molar-refractivity contribution in [3.05, 3.63) is 95.0 Å². The Morgan fingerprint density at radius 1 is 1.13 bits per heavy atom. The number of nitrogens with one attached hydrogen (secondary N) is 1. The molecular weight excluding hydrogens is 384 g/mol. The first-order chi connectivity index (χ1) is 14.5. The highest BCUT2D eigenvalue weighted by molar-refractivity contribution is 6.01. The molecule has 0 saturated heterocycles. The number of amides is 1. The van der Waals surface area contributed by atoms with Gasteiger partial charge in [-0.1, -0.05) is 30.3 Å². The summed E-state index contributed by atoms with van der Waals surface area (Å²) in [5, 5.41) is 22.8. The summed E-state index contributed by atoms with van der Waals surface area (Å²) in [5.41, 5.74) is 1.41. The van der Waals surface area contributed by atoms with Gasteiger partial charge in [-0.05, 0) is 53.1 Å². The van der Waals surface area contributed by atoms with E-state index in [0.717, 1.165) is 0 Å². The van der Waals surface area contributed by atoms with Gasteiger partial charge in [-0.25, -0.2) is 0 Å². The van der Waals surface area contributed by atoms with Crippen molar-refractivity contribution in [3.8, 4) is 11.8 Å². The Morgan fingerprint density at radius 2 is 1.93 bits per heavy atom. The van der Waals surface area contributed by atoms with Crippen molar-refractivity contribution in [2.75, 3.05) is 0 Å². The fourth-order valence-corrected chi connectivity index (χ4v) is 2.61. The minimum atomic E-state index is -1.24. The number of aromatic carboxylic acids is 1. The van der Waals surface area contributed by atoms with E-state index in [1.54, 1.807) is 48.5 Å². The second-order valence-corrected chi connectivity index (χ2v) is 6.28. The van der Waals surface area contributed by atoms with Crippen molar-refractivity contribution in [2.24, 2.45) is 0 Å². The van der Waals surface area contributed by atoms with Crippen LogP contribution < -0.4 is 15.2 Å². The minimum absolute atomic E-state index is 0.0330. The maximum atomic E-state index is 12.2. The van der Waals surface area contributed by atoms with Crippen molar-refractivity contribution < 1.29 is 23.8 Å². The van der Waals surface area contributed by atoms with E-state index in [0.29, 0.717) is 22.6 Å². The van der Waals surface area contributed by atoms with Crippen LogP contribution in [0.15, 0.2) is 76.9 Å². The lowest BCUT2D eigenvalue weighted by Crippen LogP contribution is -2.23. The molecule has 7 heteroatoms. The van der Waals surface area contributed by atoms with E-state index in [1.165, 1.54) is 24.5 Å². The summed E-state index contributed by atoms with van der Waals surface area (Å²) >= 11 is 0. The first kappa shape index (κ1) is 20.4. The number of benzene rings is 2. The third-order valence-electron chi connectivity index (χ3n) is 4.13. The zero-order valence-electron chi connectivity index (χ0n) is 15.8. The van der Waals surface area contributed by atoms with Gasteiger partial charge in [-0.15, -0.1) is 0 Å². The van der Waals surface area contributed by atoms with E-state index >= 15 is 0 Å². The molecule has 7 nitrogen and oxygen atoms in total. The molecule has 1 heterocycles. The Bertz CT molecular complexity index is 1090. The van der Waals surface area contributed by atoms with Gasteiger partial charge >= 0.3 is 0 Å². The summed E-state index contributed by atoms with van der Waals surface area (Å²) in [4.78, 5) is 23.1. The summed E-state index contributed by atoms with van der Waals surface area (Å²) in [6.45, 7) is 0.381. The number of nitriles is 1. The molecule has 0 atom stereocenters. The Hall–Kier alpha value is -4.31. The molecule has 1 amide bonds. The van der Waals surface area contributed by atoms with Crippen LogP contribution in [0, 0.1) is 11.3 Å². The molecule has 0 bridgehead atoms. The molecule has 0 aliphatic heterocycles. The van der Waals surface area contributed by atoms with Crippen LogP contribution in [-0.4, -0.2) is 11.9 Å². The highest BCUT2D eigenvalue weighted by Gasteiger charge is 2.09. The van der Waals surface area contributed by atoms with Gasteiger partial charge in [0.2, 0.25) is 0 Å². The van der Waals surface area contributed by atoms with Crippen LogP contribution in [0.1, 0.15) is 27.2 Å². The highest BCUT2D eigenvalue weighted by Crippen LogP contribution is 2.17. The van der Waals surface area contributed by atoms with E-state index in [-0.39, 0.29) is 24.3 Å². The van der Waals surface area contributed by atoms with Crippen LogP contribution in [0.4, 0.5) is 0 Å². The largest absolute Gasteiger partial charge is 0.545 e. The third-order valence-corrected chi connectivity index (χ3v) is 4.13. The van der Waals surface area contributed by atoms with Gasteiger partial charge in [0.1, 0.15) is 29.8 Å². The number of carbonyl (C=O) groups excluding carboxylic acids is 2. The Kier molecular flexibility index (Phi) is 6.64. The van der Waals surface area contributed by atoms with Crippen LogP contribution in [-0.2, 0) is 17.9 Å². The second-order valence-electron chi connectivity index (χ2n) is 6.28. The lowest BCUT2D eigenvalue weighted by atomic mass is 10.1. The summed E-state index contributed by atoms with van der Waals surface area (Å²) < 4.78 is 10.8. The van der Waals surface area contributed by atoms with E-state index in [9.17, 15) is 20.0 Å². The molecule has 1 aromatic heterocycles. The number of carboxylic acid groups (broad SMARTS) is 1. The van der Waals surface area contributed by atoms with Crippen molar-refractivity contribution in [2.45, 2.75) is 13.2 Å². The first-order valence-electron chi connectivity index (χ1n) is 9.00. The number of hydrogen-bond acceptors (Lipinski definition) is 6. The van der Waals surface area contributed by atoms with Crippen molar-refractivity contribution in [1.29, 1.82) is 5.26 Å². The van der Waals surface area contributed by atoms with Crippen molar-refractivity contribution in [3.63, 3.8) is 0 Å². The predicted octanol–water partition coefficient (Wildman–Crippen LogP) is 2.45. The molecule has 150 valence electrons. The van der Waals surface area contributed by atoms with Gasteiger partial charge in [0, 0.05) is 0 Å². The molecule has 3 rings (SSSR count). The SMILES string of the molecule is N#C/C(=C/c1ccc(OCc2cccc(C(=O)[O-])c2)cc1)C(=O)NCc1ccco1. The van der Waals surface area contributed by atoms with E-state index in [1.807, 2.05) is 6.07 Å². The summed E-state index contributed by atoms with van der Waals surface area (Å²) in [5.74, 6) is -0.587. The highest BCUT2D eigenvalue weighted by atomic mass is 16.5. The van der Waals surface area contributed by atoms with Crippen molar-refractivity contribution >= 4 is 18.0 Å². The summed E-state index contributed by atoms with van der Waals surface area (Å²) in [6.07, 6.45) is 2.98. The summed E-state index contributed by atoms with van der Waals surface area (Å²) in [6, 6.07) is 18.5. The molecular formula is C23H17N2O5-. The fraction of sp³-hybridized carbons (Fsp3) is 0.0870. The number of ether oxygens (including phenoxy) is 1. The first-order valence-corrected chi connectivity index (χ1v) is 9.00. The zero-order chi connectivity index (χ0) is 21.3. The molecule has 0 saturated carbocycles. The standard InChI is InChI=1S/C23H18N2O5/c24-13-19(22(26)25-14-21-5-2-10-29-21)11-16-6-8-20(9-7-16)30-15-17-3-1-4-18(12-17)23(27)28/h1-12H,14-15H2,(H,25,26)(H,27,28)/p-1/b19-11-. The lowest BCUT2D eigenvalue weighted by Gasteiger charge is -2.09. The van der Waals surface area contributed by atoms with E-state index < -0.39 is 11.9 Å². The van der Waals surface area contributed by atoms with Gasteiger partial charge in [0.25, 0.3) is 5.91 Å². The normalized spacial score (nSPS) is 10.8. The molecule has 2 aromatic carbocycles. The molecule has 30 heavy (non-hydrogen) atoms. The van der Waals surface area contributed by atoms with Gasteiger partial charge < -0.3 is 24.4 Å². The second kappa shape index (κ2) is 9.75. The van der Waals surface area contributed by atoms with Crippen molar-refractivity contribution in [1.82, 2.24) is 5.32 Å². The van der Waals surface area contributed by atoms with E-state index in [2.05, 4.69) is 5.32 Å². The molecule has 0 aliphatic carbocycles. The summed E-state index contributed by atoms with van der Waals surface area (Å²) in [7, 11) is 0. The topological polar surface area (TPSA) is 115 Å². The van der Waals surface area contributed by atoms with Crippen LogP contribution >= 0.6 is 0 Å². The molecule has 0 radical (unpaired) electrons. The fourth-order valence-electron chi connectivity index (χ4n) is 2.61. The predicted molar refractivity (Wildman–Crippen MR) is 106 cm³/mol. The molecule has 3 aromatic rings. The van der Waals surface area contributed by atoms with Gasteiger partial charge in [0.05, 0.1) is 18.8 Å². The molecule has 1 N–H and O–H groups in total. The maximum absolute atomic E-state index is 12.2. The third kappa shape index (κ3) is 5.59. The van der Waals surface area contributed by atoms with Crippen LogP contribution in [0.3, 0.4) is 0 Å². The Morgan fingerprint density at radius 3 is 2.60 bits per heavy atom. The molecule has 0 fully saturated rings. The monoisotopic (exact) mass is 401 g/mol. The zero-order valence-corrected chi connectivity index (χ0v) is 15.8. The smallest absolute Gasteiger partial charge is 0.262 e. The average Bonchev–Trinajstić information content (AvgIpc) is 3.29. The molecule has 0 unspecified atom stereocenters. The Labute approximate surface area is 172 Å². The number of nitrogens with zero attached hydrogens (tertiary/aromatic N) is 1. The van der Waals surface area contributed by atoms with Gasteiger partial charge in [-0.2, -0.15) is 5.26 Å². The van der Waals surface area contributed by atoms with Crippen LogP contribution in [0.2, 0.25) is 0 Å². The number of rotatable bonds is 8. The van der Waals surface area contributed by atoms with E-state index in [4.69, 9.17) is 9.15 Å². The number of carbonyl (C=O) groups is 2. The maximum Gasteiger partial charge on any atom is 0.262 e. The van der Waals surface area contributed by atoms with Gasteiger partial charge in [-0.3, -0.25) is 4.79 Å².